The van der Waals surface area contributed by atoms with Gasteiger partial charge in [0, 0.05) is 26.2 Å². The molecule has 1 aromatic rings. The standard InChI is InChI=1S/C15H20N2O3/c18-9-2-6-16-7-5-13-12(11-16)3-1-4-14(13)17-8-10-20-15(17)19/h1,3-4,18H,2,5-11H2. The fraction of sp³-hybridized carbons (Fsp3) is 0.533. The lowest BCUT2D eigenvalue weighted by molar-refractivity contribution is 0.181. The first kappa shape index (κ1) is 13.4. The fourth-order valence-electron chi connectivity index (χ4n) is 3.00. The van der Waals surface area contributed by atoms with Gasteiger partial charge in [0.2, 0.25) is 0 Å². The van der Waals surface area contributed by atoms with Crippen molar-refractivity contribution >= 4 is 11.8 Å². The average molecular weight is 276 g/mol. The van der Waals surface area contributed by atoms with Crippen LogP contribution in [0.4, 0.5) is 10.5 Å². The number of amides is 1. The normalized spacial score (nSPS) is 19.1. The molecule has 1 saturated heterocycles. The van der Waals surface area contributed by atoms with Crippen LogP contribution < -0.4 is 4.90 Å². The van der Waals surface area contributed by atoms with Crippen LogP contribution in [-0.2, 0) is 17.7 Å². The Morgan fingerprint density at radius 2 is 2.20 bits per heavy atom. The number of benzene rings is 1. The molecule has 2 aliphatic heterocycles. The number of aliphatic hydroxyl groups excluding tert-OH is 1. The zero-order chi connectivity index (χ0) is 13.9. The van der Waals surface area contributed by atoms with Gasteiger partial charge in [0.05, 0.1) is 12.2 Å². The maximum absolute atomic E-state index is 11.7. The number of cyclic esters (lactones) is 1. The summed E-state index contributed by atoms with van der Waals surface area (Å²) in [5.41, 5.74) is 3.56. The second kappa shape index (κ2) is 5.81. The Hall–Kier alpha value is -1.59. The molecule has 0 spiro atoms. The van der Waals surface area contributed by atoms with E-state index in [2.05, 4.69) is 11.0 Å². The van der Waals surface area contributed by atoms with E-state index in [9.17, 15) is 4.79 Å². The van der Waals surface area contributed by atoms with Gasteiger partial charge in [0.1, 0.15) is 6.61 Å². The summed E-state index contributed by atoms with van der Waals surface area (Å²) in [5, 5.41) is 8.92. The number of hydrogen-bond acceptors (Lipinski definition) is 4. The van der Waals surface area contributed by atoms with Gasteiger partial charge in [-0.05, 0) is 30.0 Å². The van der Waals surface area contributed by atoms with Crippen LogP contribution in [0.15, 0.2) is 18.2 Å². The molecular weight excluding hydrogens is 256 g/mol. The highest BCUT2D eigenvalue weighted by atomic mass is 16.6. The summed E-state index contributed by atoms with van der Waals surface area (Å²) in [7, 11) is 0. The number of anilines is 1. The van der Waals surface area contributed by atoms with E-state index in [-0.39, 0.29) is 12.7 Å². The van der Waals surface area contributed by atoms with E-state index in [1.54, 1.807) is 4.90 Å². The zero-order valence-corrected chi connectivity index (χ0v) is 11.5. The number of nitrogens with zero attached hydrogens (tertiary/aromatic N) is 2. The SMILES string of the molecule is O=C1OCCN1c1cccc2c1CCN(CCCO)C2. The minimum absolute atomic E-state index is 0.235. The molecule has 3 rings (SSSR count). The highest BCUT2D eigenvalue weighted by molar-refractivity contribution is 5.90. The fourth-order valence-corrected chi connectivity index (χ4v) is 3.00. The minimum atomic E-state index is -0.235. The predicted molar refractivity (Wildman–Crippen MR) is 75.8 cm³/mol. The van der Waals surface area contributed by atoms with E-state index < -0.39 is 0 Å². The van der Waals surface area contributed by atoms with Crippen molar-refractivity contribution in [3.8, 4) is 0 Å². The van der Waals surface area contributed by atoms with E-state index in [0.29, 0.717) is 13.2 Å². The van der Waals surface area contributed by atoms with Crippen molar-refractivity contribution in [3.63, 3.8) is 0 Å². The average Bonchev–Trinajstić information content (AvgIpc) is 2.90. The molecule has 20 heavy (non-hydrogen) atoms. The van der Waals surface area contributed by atoms with Crippen molar-refractivity contribution in [2.45, 2.75) is 19.4 Å². The van der Waals surface area contributed by atoms with Crippen molar-refractivity contribution < 1.29 is 14.6 Å². The van der Waals surface area contributed by atoms with Gasteiger partial charge >= 0.3 is 6.09 Å². The Morgan fingerprint density at radius 3 is 2.95 bits per heavy atom. The van der Waals surface area contributed by atoms with Gasteiger partial charge in [-0.3, -0.25) is 9.80 Å². The lowest BCUT2D eigenvalue weighted by Gasteiger charge is -2.31. The van der Waals surface area contributed by atoms with Gasteiger partial charge < -0.3 is 9.84 Å². The van der Waals surface area contributed by atoms with E-state index in [1.165, 1.54) is 11.1 Å². The van der Waals surface area contributed by atoms with E-state index in [0.717, 1.165) is 38.2 Å². The number of hydrogen-bond donors (Lipinski definition) is 1. The molecule has 2 aliphatic rings. The first-order chi connectivity index (χ1) is 9.79. The summed E-state index contributed by atoms with van der Waals surface area (Å²) >= 11 is 0. The second-order valence-corrected chi connectivity index (χ2v) is 5.28. The van der Waals surface area contributed by atoms with E-state index >= 15 is 0 Å². The smallest absolute Gasteiger partial charge is 0.414 e. The Bertz CT molecular complexity index is 504. The monoisotopic (exact) mass is 276 g/mol. The molecule has 5 heteroatoms. The Labute approximate surface area is 118 Å². The third kappa shape index (κ3) is 2.51. The lowest BCUT2D eigenvalue weighted by Crippen LogP contribution is -2.33. The minimum Gasteiger partial charge on any atom is -0.447 e. The third-order valence-corrected chi connectivity index (χ3v) is 4.00. The van der Waals surface area contributed by atoms with Crippen LogP contribution in [0.1, 0.15) is 17.5 Å². The molecule has 1 N–H and O–H groups in total. The molecule has 0 saturated carbocycles. The molecule has 2 heterocycles. The van der Waals surface area contributed by atoms with Gasteiger partial charge in [-0.25, -0.2) is 4.79 Å². The van der Waals surface area contributed by atoms with Crippen molar-refractivity contribution in [2.75, 3.05) is 37.7 Å². The number of ether oxygens (including phenoxy) is 1. The predicted octanol–water partition coefficient (Wildman–Crippen LogP) is 1.38. The zero-order valence-electron chi connectivity index (χ0n) is 11.5. The van der Waals surface area contributed by atoms with Crippen molar-refractivity contribution in [2.24, 2.45) is 0 Å². The number of carbonyl (C=O) groups excluding carboxylic acids is 1. The molecule has 1 amide bonds. The first-order valence-corrected chi connectivity index (χ1v) is 7.18. The van der Waals surface area contributed by atoms with Crippen molar-refractivity contribution in [1.29, 1.82) is 0 Å². The highest BCUT2D eigenvalue weighted by Crippen LogP contribution is 2.30. The van der Waals surface area contributed by atoms with Crippen LogP contribution in [0.2, 0.25) is 0 Å². The molecule has 1 fully saturated rings. The van der Waals surface area contributed by atoms with Gasteiger partial charge in [0.15, 0.2) is 0 Å². The van der Waals surface area contributed by atoms with Crippen LogP contribution in [0, 0.1) is 0 Å². The summed E-state index contributed by atoms with van der Waals surface area (Å²) in [6.07, 6.45) is 1.52. The maximum Gasteiger partial charge on any atom is 0.414 e. The highest BCUT2D eigenvalue weighted by Gasteiger charge is 2.28. The number of aliphatic hydroxyl groups is 1. The summed E-state index contributed by atoms with van der Waals surface area (Å²) in [6.45, 7) is 4.16. The van der Waals surface area contributed by atoms with Gasteiger partial charge in [0.25, 0.3) is 0 Å². The lowest BCUT2D eigenvalue weighted by atomic mass is 9.97. The molecule has 0 atom stereocenters. The molecule has 0 aliphatic carbocycles. The largest absolute Gasteiger partial charge is 0.447 e. The third-order valence-electron chi connectivity index (χ3n) is 4.00. The quantitative estimate of drug-likeness (QED) is 0.903. The van der Waals surface area contributed by atoms with E-state index in [4.69, 9.17) is 9.84 Å². The topological polar surface area (TPSA) is 53.0 Å². The molecule has 1 aromatic carbocycles. The van der Waals surface area contributed by atoms with Crippen molar-refractivity contribution in [1.82, 2.24) is 4.90 Å². The molecule has 0 aromatic heterocycles. The van der Waals surface area contributed by atoms with Crippen LogP contribution in [0.5, 0.6) is 0 Å². The van der Waals surface area contributed by atoms with Crippen molar-refractivity contribution in [3.05, 3.63) is 29.3 Å². The maximum atomic E-state index is 11.7. The van der Waals surface area contributed by atoms with Crippen LogP contribution >= 0.6 is 0 Å². The second-order valence-electron chi connectivity index (χ2n) is 5.28. The first-order valence-electron chi connectivity index (χ1n) is 7.18. The van der Waals surface area contributed by atoms with Crippen LogP contribution in [0.3, 0.4) is 0 Å². The molecule has 108 valence electrons. The molecule has 5 nitrogen and oxygen atoms in total. The van der Waals surface area contributed by atoms with Crippen LogP contribution in [-0.4, -0.2) is 48.9 Å². The van der Waals surface area contributed by atoms with Crippen LogP contribution in [0.25, 0.3) is 0 Å². The Morgan fingerprint density at radius 1 is 1.30 bits per heavy atom. The summed E-state index contributed by atoms with van der Waals surface area (Å²) in [5.74, 6) is 0. The summed E-state index contributed by atoms with van der Waals surface area (Å²) in [4.78, 5) is 15.8. The van der Waals surface area contributed by atoms with Gasteiger partial charge in [-0.15, -0.1) is 0 Å². The summed E-state index contributed by atoms with van der Waals surface area (Å²) < 4.78 is 5.03. The number of fused-ring (bicyclic) bond motifs is 1. The van der Waals surface area contributed by atoms with Gasteiger partial charge in [-0.2, -0.15) is 0 Å². The number of carbonyl (C=O) groups is 1. The summed E-state index contributed by atoms with van der Waals surface area (Å²) in [6, 6.07) is 6.15. The molecule has 0 bridgehead atoms. The molecule has 0 unspecified atom stereocenters. The Balaban J connectivity index is 1.81. The molecule has 0 radical (unpaired) electrons. The van der Waals surface area contributed by atoms with E-state index in [1.807, 2.05) is 12.1 Å². The Kier molecular flexibility index (Phi) is 3.89. The number of rotatable bonds is 4. The molecular formula is C15H20N2O3. The van der Waals surface area contributed by atoms with Gasteiger partial charge in [-0.1, -0.05) is 12.1 Å².